The van der Waals surface area contributed by atoms with Crippen LogP contribution >= 0.6 is 0 Å². The van der Waals surface area contributed by atoms with Crippen molar-refractivity contribution in [2.45, 2.75) is 39.2 Å². The van der Waals surface area contributed by atoms with Crippen LogP contribution in [0, 0.1) is 6.92 Å². The first-order valence-corrected chi connectivity index (χ1v) is 10.5. The quantitative estimate of drug-likeness (QED) is 0.455. The zero-order valence-electron chi connectivity index (χ0n) is 18.4. The fourth-order valence-corrected chi connectivity index (χ4v) is 4.19. The zero-order valence-corrected chi connectivity index (χ0v) is 18.4. The lowest BCUT2D eigenvalue weighted by Crippen LogP contribution is -2.31. The molecule has 0 aliphatic carbocycles. The second-order valence-electron chi connectivity index (χ2n) is 9.17. The van der Waals surface area contributed by atoms with E-state index in [1.807, 2.05) is 37.3 Å². The van der Waals surface area contributed by atoms with Crippen molar-refractivity contribution in [2.75, 3.05) is 4.90 Å². The SMILES string of the molecule is Cc1ccc2oc3c(c(=O)c2c1)C(c1ccc(C(C)(C)C)cc1)N(c1ncccn1)C3=O. The average molecular weight is 425 g/mol. The second-order valence-corrected chi connectivity index (χ2v) is 9.17. The van der Waals surface area contributed by atoms with Gasteiger partial charge in [-0.2, -0.15) is 0 Å². The van der Waals surface area contributed by atoms with Gasteiger partial charge in [0.15, 0.2) is 5.43 Å². The molecule has 1 amide bonds. The Kier molecular flexibility index (Phi) is 4.48. The molecule has 5 rings (SSSR count). The second kappa shape index (κ2) is 7.12. The van der Waals surface area contributed by atoms with E-state index in [1.54, 1.807) is 30.6 Å². The van der Waals surface area contributed by atoms with E-state index in [1.165, 1.54) is 4.90 Å². The largest absolute Gasteiger partial charge is 0.450 e. The van der Waals surface area contributed by atoms with E-state index >= 15 is 0 Å². The van der Waals surface area contributed by atoms with Gasteiger partial charge in [0.25, 0.3) is 5.91 Å². The smallest absolute Gasteiger partial charge is 0.297 e. The molecule has 1 unspecified atom stereocenters. The molecular formula is C26H23N3O3. The molecule has 2 aromatic heterocycles. The topological polar surface area (TPSA) is 76.3 Å². The number of anilines is 1. The highest BCUT2D eigenvalue weighted by molar-refractivity contribution is 6.09. The van der Waals surface area contributed by atoms with Crippen molar-refractivity contribution in [3.8, 4) is 0 Å². The van der Waals surface area contributed by atoms with Gasteiger partial charge in [-0.1, -0.05) is 56.7 Å². The summed E-state index contributed by atoms with van der Waals surface area (Å²) in [6, 6.07) is 14.4. The van der Waals surface area contributed by atoms with Crippen LogP contribution in [0.25, 0.3) is 11.0 Å². The van der Waals surface area contributed by atoms with E-state index in [4.69, 9.17) is 4.42 Å². The van der Waals surface area contributed by atoms with E-state index in [2.05, 4.69) is 30.7 Å². The van der Waals surface area contributed by atoms with Crippen molar-refractivity contribution < 1.29 is 9.21 Å². The number of nitrogens with zero attached hydrogens (tertiary/aromatic N) is 3. The molecule has 6 nitrogen and oxygen atoms in total. The molecule has 0 spiro atoms. The molecule has 1 aliphatic rings. The van der Waals surface area contributed by atoms with E-state index in [9.17, 15) is 9.59 Å². The Morgan fingerprint density at radius 1 is 0.969 bits per heavy atom. The average Bonchev–Trinajstić information content (AvgIpc) is 3.07. The van der Waals surface area contributed by atoms with Crippen molar-refractivity contribution in [1.29, 1.82) is 0 Å². The predicted molar refractivity (Wildman–Crippen MR) is 123 cm³/mol. The fourth-order valence-electron chi connectivity index (χ4n) is 4.19. The first-order valence-electron chi connectivity index (χ1n) is 10.5. The minimum absolute atomic E-state index is 0.0169. The summed E-state index contributed by atoms with van der Waals surface area (Å²) >= 11 is 0. The van der Waals surface area contributed by atoms with Crippen LogP contribution in [-0.2, 0) is 5.41 Å². The monoisotopic (exact) mass is 425 g/mol. The van der Waals surface area contributed by atoms with Gasteiger partial charge in [0.2, 0.25) is 11.7 Å². The summed E-state index contributed by atoms with van der Waals surface area (Å²) in [4.78, 5) is 37.1. The van der Waals surface area contributed by atoms with E-state index in [-0.39, 0.29) is 22.6 Å². The lowest BCUT2D eigenvalue weighted by atomic mass is 9.86. The molecule has 0 saturated heterocycles. The third-order valence-corrected chi connectivity index (χ3v) is 5.89. The Bertz CT molecular complexity index is 1400. The Balaban J connectivity index is 1.77. The van der Waals surface area contributed by atoms with Crippen molar-refractivity contribution in [1.82, 2.24) is 9.97 Å². The maximum Gasteiger partial charge on any atom is 0.297 e. The molecular weight excluding hydrogens is 402 g/mol. The molecule has 1 aliphatic heterocycles. The maximum absolute atomic E-state index is 13.6. The molecule has 0 bridgehead atoms. The zero-order chi connectivity index (χ0) is 22.6. The van der Waals surface area contributed by atoms with Crippen molar-refractivity contribution >= 4 is 22.8 Å². The minimum Gasteiger partial charge on any atom is -0.450 e. The van der Waals surface area contributed by atoms with E-state index in [0.717, 1.165) is 16.7 Å². The fraction of sp³-hybridized carbons (Fsp3) is 0.231. The predicted octanol–water partition coefficient (Wildman–Crippen LogP) is 4.94. The highest BCUT2D eigenvalue weighted by atomic mass is 16.3. The van der Waals surface area contributed by atoms with Crippen LogP contribution in [0.3, 0.4) is 0 Å². The molecule has 4 aromatic rings. The third-order valence-electron chi connectivity index (χ3n) is 5.89. The van der Waals surface area contributed by atoms with Crippen LogP contribution in [-0.4, -0.2) is 15.9 Å². The minimum atomic E-state index is -0.671. The summed E-state index contributed by atoms with van der Waals surface area (Å²) in [7, 11) is 0. The van der Waals surface area contributed by atoms with Crippen LogP contribution in [0.4, 0.5) is 5.95 Å². The van der Waals surface area contributed by atoms with Crippen LogP contribution in [0.2, 0.25) is 0 Å². The number of aryl methyl sites for hydroxylation is 1. The Morgan fingerprint density at radius 2 is 1.66 bits per heavy atom. The number of hydrogen-bond acceptors (Lipinski definition) is 5. The van der Waals surface area contributed by atoms with Gasteiger partial charge in [0, 0.05) is 12.4 Å². The van der Waals surface area contributed by atoms with Crippen LogP contribution in [0.5, 0.6) is 0 Å². The van der Waals surface area contributed by atoms with Crippen LogP contribution in [0.1, 0.15) is 59.6 Å². The van der Waals surface area contributed by atoms with E-state index in [0.29, 0.717) is 16.5 Å². The molecule has 3 heterocycles. The third kappa shape index (κ3) is 3.11. The number of carbonyl (C=O) groups is 1. The maximum atomic E-state index is 13.6. The van der Waals surface area contributed by atoms with Crippen LogP contribution < -0.4 is 10.3 Å². The summed E-state index contributed by atoms with van der Waals surface area (Å²) < 4.78 is 5.99. The van der Waals surface area contributed by atoms with Gasteiger partial charge in [-0.05, 0) is 41.7 Å². The van der Waals surface area contributed by atoms with Crippen molar-refractivity contribution in [3.63, 3.8) is 0 Å². The standard InChI is InChI=1S/C26H23N3O3/c1-15-6-11-19-18(14-15)22(30)20-21(16-7-9-17(10-8-16)26(2,3)4)29(24(31)23(20)32-19)25-27-12-5-13-28-25/h5-14,21H,1-4H3. The number of rotatable bonds is 2. The summed E-state index contributed by atoms with van der Waals surface area (Å²) in [5, 5.41) is 0.462. The van der Waals surface area contributed by atoms with Gasteiger partial charge in [0.1, 0.15) is 5.58 Å². The van der Waals surface area contributed by atoms with Gasteiger partial charge in [-0.15, -0.1) is 0 Å². The normalized spacial score (nSPS) is 15.9. The molecule has 160 valence electrons. The van der Waals surface area contributed by atoms with Crippen molar-refractivity contribution in [3.05, 3.63) is 99.2 Å². The van der Waals surface area contributed by atoms with Crippen LogP contribution in [0.15, 0.2) is 70.1 Å². The first kappa shape index (κ1) is 20.1. The molecule has 0 N–H and O–H groups in total. The molecule has 1 atom stereocenters. The highest BCUT2D eigenvalue weighted by Gasteiger charge is 2.44. The van der Waals surface area contributed by atoms with Gasteiger partial charge in [-0.3, -0.25) is 14.5 Å². The summed E-state index contributed by atoms with van der Waals surface area (Å²) in [5.41, 5.74) is 3.41. The Labute approximate surface area is 185 Å². The summed E-state index contributed by atoms with van der Waals surface area (Å²) in [5.74, 6) is -0.146. The summed E-state index contributed by atoms with van der Waals surface area (Å²) in [6.45, 7) is 8.35. The molecule has 0 fully saturated rings. The van der Waals surface area contributed by atoms with Gasteiger partial charge < -0.3 is 4.42 Å². The number of hydrogen-bond donors (Lipinski definition) is 0. The number of fused-ring (bicyclic) bond motifs is 2. The molecule has 0 saturated carbocycles. The number of benzene rings is 2. The lowest BCUT2D eigenvalue weighted by Gasteiger charge is -2.24. The molecule has 2 aromatic carbocycles. The lowest BCUT2D eigenvalue weighted by molar-refractivity contribution is 0.0969. The molecule has 32 heavy (non-hydrogen) atoms. The van der Waals surface area contributed by atoms with Crippen molar-refractivity contribution in [2.24, 2.45) is 0 Å². The van der Waals surface area contributed by atoms with Gasteiger partial charge >= 0.3 is 0 Å². The number of aromatic nitrogens is 2. The molecule has 6 heteroatoms. The first-order chi connectivity index (χ1) is 15.3. The van der Waals surface area contributed by atoms with Gasteiger partial charge in [0.05, 0.1) is 17.0 Å². The van der Waals surface area contributed by atoms with E-state index < -0.39 is 11.9 Å². The van der Waals surface area contributed by atoms with Gasteiger partial charge in [-0.25, -0.2) is 9.97 Å². The number of carbonyl (C=O) groups excluding carboxylic acids is 1. The Hall–Kier alpha value is -3.80. The molecule has 0 radical (unpaired) electrons. The number of amides is 1. The Morgan fingerprint density at radius 3 is 2.31 bits per heavy atom. The summed E-state index contributed by atoms with van der Waals surface area (Å²) in [6.07, 6.45) is 3.15. The highest BCUT2D eigenvalue weighted by Crippen LogP contribution is 2.40.